The number of rotatable bonds is 4. The van der Waals surface area contributed by atoms with Crippen molar-refractivity contribution in [1.82, 2.24) is 24.3 Å². The highest BCUT2D eigenvalue weighted by Crippen LogP contribution is 2.31. The van der Waals surface area contributed by atoms with Crippen molar-refractivity contribution in [2.45, 2.75) is 4.90 Å². The zero-order chi connectivity index (χ0) is 23.8. The van der Waals surface area contributed by atoms with E-state index < -0.39 is 0 Å². The lowest BCUT2D eigenvalue weighted by Crippen LogP contribution is -2.50. The molecule has 2 amide bonds. The molecule has 0 aliphatic carbocycles. The molecule has 1 aliphatic heterocycles. The third-order valence-electron chi connectivity index (χ3n) is 6.02. The minimum Gasteiger partial charge on any atom is -0.412 e. The first kappa shape index (κ1) is 24.4. The van der Waals surface area contributed by atoms with Gasteiger partial charge in [-0.1, -0.05) is 24.3 Å². The van der Waals surface area contributed by atoms with Gasteiger partial charge in [-0.3, -0.25) is 14.2 Å². The van der Waals surface area contributed by atoms with Crippen LogP contribution in [0.15, 0.2) is 66.0 Å². The van der Waals surface area contributed by atoms with Gasteiger partial charge < -0.3 is 15.3 Å². The predicted octanol–water partition coefficient (Wildman–Crippen LogP) is 3.04. The van der Waals surface area contributed by atoms with Gasteiger partial charge in [0.2, 0.25) is 11.9 Å². The number of nitrogens with zero attached hydrogens (tertiary/aromatic N) is 5. The highest BCUT2D eigenvalue weighted by molar-refractivity contribution is 7.98. The number of hydrogen-bond donors (Lipinski definition) is 0. The highest BCUT2D eigenvalue weighted by Gasteiger charge is 2.26. The summed E-state index contributed by atoms with van der Waals surface area (Å²) in [5.41, 5.74) is 2.30. The Kier molecular flexibility index (Phi) is 6.86. The maximum absolute atomic E-state index is 14.2. The molecule has 0 radical (unpaired) electrons. The van der Waals surface area contributed by atoms with Crippen molar-refractivity contribution in [1.29, 1.82) is 0 Å². The minimum atomic E-state index is -0.333. The summed E-state index contributed by atoms with van der Waals surface area (Å²) >= 11 is 1.59. The minimum absolute atomic E-state index is 0. The van der Waals surface area contributed by atoms with E-state index in [4.69, 9.17) is 0 Å². The Labute approximate surface area is 205 Å². The summed E-state index contributed by atoms with van der Waals surface area (Å²) in [5.74, 6) is -0.167. The molecule has 0 saturated carbocycles. The smallest absolute Gasteiger partial charge is 0.254 e. The maximum atomic E-state index is 14.2. The third kappa shape index (κ3) is 4.50. The first-order valence-electron chi connectivity index (χ1n) is 10.8. The molecule has 0 unspecified atom stereocenters. The second kappa shape index (κ2) is 9.85. The van der Waals surface area contributed by atoms with Crippen LogP contribution in [0.4, 0.5) is 4.39 Å². The fraction of sp³-hybridized carbons (Fsp3) is 0.200. The lowest BCUT2D eigenvalue weighted by Gasteiger charge is -2.32. The molecule has 0 bridgehead atoms. The molecule has 1 saturated heterocycles. The van der Waals surface area contributed by atoms with Crippen molar-refractivity contribution in [3.05, 3.63) is 72.4 Å². The largest absolute Gasteiger partial charge is 0.412 e. The quantitative estimate of drug-likeness (QED) is 0.407. The van der Waals surface area contributed by atoms with Gasteiger partial charge in [0.1, 0.15) is 12.4 Å². The van der Waals surface area contributed by atoms with Gasteiger partial charge in [0, 0.05) is 65.7 Å². The van der Waals surface area contributed by atoms with E-state index >= 15 is 0 Å². The fourth-order valence-electron chi connectivity index (χ4n) is 4.05. The van der Waals surface area contributed by atoms with Crippen molar-refractivity contribution >= 4 is 34.5 Å². The average Bonchev–Trinajstić information content (AvgIpc) is 3.24. The number of carbonyl (C=O) groups excluding carboxylic acids is 2. The molecule has 8 nitrogen and oxygen atoms in total. The van der Waals surface area contributed by atoms with Crippen molar-refractivity contribution in [2.24, 2.45) is 0 Å². The van der Waals surface area contributed by atoms with Crippen LogP contribution in [0.25, 0.3) is 28.0 Å². The van der Waals surface area contributed by atoms with Crippen LogP contribution in [-0.2, 0) is 4.79 Å². The summed E-state index contributed by atoms with van der Waals surface area (Å²) in [5, 5.41) is 0.972. The molecule has 35 heavy (non-hydrogen) atoms. The zero-order valence-electron chi connectivity index (χ0n) is 19.2. The summed E-state index contributed by atoms with van der Waals surface area (Å²) in [6, 6.07) is 12.0. The molecule has 0 spiro atoms. The van der Waals surface area contributed by atoms with Gasteiger partial charge in [-0.05, 0) is 24.5 Å². The number of amides is 2. The van der Waals surface area contributed by atoms with Gasteiger partial charge in [0.15, 0.2) is 0 Å². The molecule has 1 fully saturated rings. The standard InChI is InChI=1S/C25H22FN5O2S.H2O/c1-29-9-10-30(15-23(29)32)24(33)16-7-8-19-21(11-16)31(14-22(19)34-2)25-27-12-17(13-28-25)18-5-3-4-6-20(18)26;/h3-8,11-14H,9-10,15H2,1-2H3;1H2. The van der Waals surface area contributed by atoms with Crippen molar-refractivity contribution in [3.8, 4) is 17.1 Å². The summed E-state index contributed by atoms with van der Waals surface area (Å²) in [6.45, 7) is 1.09. The van der Waals surface area contributed by atoms with Gasteiger partial charge in [0.25, 0.3) is 5.91 Å². The molecule has 5 rings (SSSR count). The van der Waals surface area contributed by atoms with Crippen LogP contribution in [-0.4, -0.2) is 74.6 Å². The van der Waals surface area contributed by atoms with E-state index in [0.717, 1.165) is 15.8 Å². The number of halogens is 1. The molecule has 1 aliphatic rings. The van der Waals surface area contributed by atoms with Crippen LogP contribution in [0.2, 0.25) is 0 Å². The monoisotopic (exact) mass is 493 g/mol. The van der Waals surface area contributed by atoms with E-state index in [1.165, 1.54) is 6.07 Å². The van der Waals surface area contributed by atoms with E-state index in [2.05, 4.69) is 9.97 Å². The number of carbonyl (C=O) groups is 2. The van der Waals surface area contributed by atoms with E-state index in [0.29, 0.717) is 35.7 Å². The molecule has 180 valence electrons. The number of hydrogen-bond acceptors (Lipinski definition) is 5. The van der Waals surface area contributed by atoms with Crippen molar-refractivity contribution in [3.63, 3.8) is 0 Å². The Bertz CT molecular complexity index is 1410. The number of fused-ring (bicyclic) bond motifs is 1. The number of piperazine rings is 1. The summed E-state index contributed by atoms with van der Waals surface area (Å²) in [4.78, 5) is 38.4. The Morgan fingerprint density at radius 1 is 1.09 bits per heavy atom. The molecule has 4 aromatic rings. The van der Waals surface area contributed by atoms with Gasteiger partial charge in [0.05, 0.1) is 5.52 Å². The molecule has 2 aromatic heterocycles. The lowest BCUT2D eigenvalue weighted by molar-refractivity contribution is -0.133. The van der Waals surface area contributed by atoms with Crippen LogP contribution < -0.4 is 0 Å². The molecule has 10 heteroatoms. The Balaban J connectivity index is 0.00000289. The fourth-order valence-corrected chi connectivity index (χ4v) is 4.65. The van der Waals surface area contributed by atoms with Gasteiger partial charge in [-0.25, -0.2) is 14.4 Å². The molecule has 2 aromatic carbocycles. The topological polar surface area (TPSA) is 103 Å². The first-order chi connectivity index (χ1) is 16.5. The highest BCUT2D eigenvalue weighted by atomic mass is 32.2. The average molecular weight is 494 g/mol. The number of benzene rings is 2. The predicted molar refractivity (Wildman–Crippen MR) is 133 cm³/mol. The van der Waals surface area contributed by atoms with E-state index in [9.17, 15) is 14.0 Å². The third-order valence-corrected chi connectivity index (χ3v) is 6.78. The van der Waals surface area contributed by atoms with Gasteiger partial charge >= 0.3 is 0 Å². The molecular formula is C25H24FN5O3S. The molecule has 0 atom stereocenters. The van der Waals surface area contributed by atoms with E-state index in [1.54, 1.807) is 65.3 Å². The first-order valence-corrected chi connectivity index (χ1v) is 12.0. The van der Waals surface area contributed by atoms with Gasteiger partial charge in [-0.15, -0.1) is 11.8 Å². The van der Waals surface area contributed by atoms with Gasteiger partial charge in [-0.2, -0.15) is 0 Å². The second-order valence-electron chi connectivity index (χ2n) is 8.09. The summed E-state index contributed by atoms with van der Waals surface area (Å²) in [7, 11) is 1.74. The SMILES string of the molecule is CSc1cn(-c2ncc(-c3ccccc3F)cn2)c2cc(C(=O)N3CCN(C)C(=O)C3)ccc12.O. The molecule has 3 heterocycles. The number of likely N-dealkylation sites (N-methyl/N-ethyl adjacent to an activating group) is 1. The van der Waals surface area contributed by atoms with Crippen LogP contribution in [0.3, 0.4) is 0 Å². The van der Waals surface area contributed by atoms with Crippen LogP contribution in [0.1, 0.15) is 10.4 Å². The summed E-state index contributed by atoms with van der Waals surface area (Å²) in [6.07, 6.45) is 7.10. The number of aromatic nitrogens is 3. The van der Waals surface area contributed by atoms with Crippen LogP contribution in [0.5, 0.6) is 0 Å². The van der Waals surface area contributed by atoms with Crippen LogP contribution in [0, 0.1) is 5.82 Å². The van der Waals surface area contributed by atoms with E-state index in [1.807, 2.05) is 29.2 Å². The lowest BCUT2D eigenvalue weighted by atomic mass is 10.1. The zero-order valence-corrected chi connectivity index (χ0v) is 20.1. The van der Waals surface area contributed by atoms with E-state index in [-0.39, 0.29) is 29.7 Å². The second-order valence-corrected chi connectivity index (χ2v) is 8.94. The number of thioether (sulfide) groups is 1. The Morgan fingerprint density at radius 3 is 2.51 bits per heavy atom. The Morgan fingerprint density at radius 2 is 1.83 bits per heavy atom. The van der Waals surface area contributed by atoms with Crippen molar-refractivity contribution in [2.75, 3.05) is 32.9 Å². The Hall–Kier alpha value is -3.76. The van der Waals surface area contributed by atoms with Crippen molar-refractivity contribution < 1.29 is 19.5 Å². The maximum Gasteiger partial charge on any atom is 0.254 e. The van der Waals surface area contributed by atoms with Crippen LogP contribution >= 0.6 is 11.8 Å². The summed E-state index contributed by atoms with van der Waals surface area (Å²) < 4.78 is 16.0. The molecule has 2 N–H and O–H groups in total. The molecular weight excluding hydrogens is 469 g/mol. The normalized spacial score (nSPS) is 13.7.